The lowest BCUT2D eigenvalue weighted by Gasteiger charge is -2.06. The van der Waals surface area contributed by atoms with Gasteiger partial charge in [0, 0.05) is 12.3 Å². The Morgan fingerprint density at radius 2 is 1.92 bits per heavy atom. The monoisotopic (exact) mass is 356 g/mol. The molecule has 1 amide bonds. The zero-order chi connectivity index (χ0) is 18.8. The number of para-hydroxylation sites is 1. The van der Waals surface area contributed by atoms with Gasteiger partial charge >= 0.3 is 5.97 Å². The molecule has 1 aromatic carbocycles. The number of fused-ring (bicyclic) bond motifs is 1. The molecule has 3 rings (SSSR count). The van der Waals surface area contributed by atoms with Gasteiger partial charge in [0.15, 0.2) is 18.2 Å². The van der Waals surface area contributed by atoms with Gasteiger partial charge in [-0.2, -0.15) is 0 Å². The summed E-state index contributed by atoms with van der Waals surface area (Å²) in [5.41, 5.74) is 1.30. The maximum Gasteiger partial charge on any atom is 0.344 e. The number of anilines is 1. The summed E-state index contributed by atoms with van der Waals surface area (Å²) in [6.45, 7) is 3.99. The fourth-order valence-electron chi connectivity index (χ4n) is 2.57. The van der Waals surface area contributed by atoms with Gasteiger partial charge in [0.1, 0.15) is 16.9 Å². The van der Waals surface area contributed by atoms with Crippen molar-refractivity contribution >= 4 is 34.3 Å². The van der Waals surface area contributed by atoms with E-state index in [1.165, 1.54) is 6.92 Å². The second-order valence-electron chi connectivity index (χ2n) is 5.68. The molecule has 0 fully saturated rings. The lowest BCUT2D eigenvalue weighted by atomic mass is 10.2. The Bertz CT molecular complexity index is 995. The predicted octanol–water partition coefficient (Wildman–Crippen LogP) is 3.04. The quantitative estimate of drug-likeness (QED) is 0.552. The molecule has 8 heteroatoms. The van der Waals surface area contributed by atoms with Crippen LogP contribution in [0.5, 0.6) is 0 Å². The van der Waals surface area contributed by atoms with Crippen LogP contribution in [0.4, 0.5) is 5.69 Å². The number of esters is 1. The summed E-state index contributed by atoms with van der Waals surface area (Å²) in [6, 6.07) is 6.92. The first-order valence-electron chi connectivity index (χ1n) is 7.80. The molecule has 26 heavy (non-hydrogen) atoms. The van der Waals surface area contributed by atoms with Gasteiger partial charge in [-0.15, -0.1) is 0 Å². The lowest BCUT2D eigenvalue weighted by Crippen LogP contribution is -2.22. The van der Waals surface area contributed by atoms with E-state index in [0.717, 1.165) is 0 Å². The predicted molar refractivity (Wildman–Crippen MR) is 91.1 cm³/mol. The number of Topliss-reactive ketones (excluding diaryl/α,β-unsaturated/α-hetero) is 1. The largest absolute Gasteiger partial charge is 0.452 e. The number of hydrogen-bond acceptors (Lipinski definition) is 7. The third-order valence-electron chi connectivity index (χ3n) is 3.75. The van der Waals surface area contributed by atoms with Gasteiger partial charge in [-0.3, -0.25) is 9.59 Å². The standard InChI is InChI=1S/C18H16N2O6/c1-9-15(11(3)26-20-9)18(23)24-8-14(22)19-16-12-6-4-5-7-13(12)25-17(16)10(2)21/h4-7H,8H2,1-3H3,(H,19,22). The van der Waals surface area contributed by atoms with Crippen LogP contribution in [0.1, 0.15) is 39.3 Å². The normalized spacial score (nSPS) is 10.7. The van der Waals surface area contributed by atoms with E-state index in [1.54, 1.807) is 38.1 Å². The SMILES string of the molecule is CC(=O)c1oc2ccccc2c1NC(=O)COC(=O)c1c(C)noc1C. The van der Waals surface area contributed by atoms with E-state index in [-0.39, 0.29) is 22.8 Å². The number of nitrogens with one attached hydrogen (secondary N) is 1. The zero-order valence-electron chi connectivity index (χ0n) is 14.4. The van der Waals surface area contributed by atoms with E-state index in [0.29, 0.717) is 22.4 Å². The van der Waals surface area contributed by atoms with Gasteiger partial charge in [0.05, 0.1) is 11.4 Å². The number of aryl methyl sites for hydroxylation is 2. The number of amides is 1. The van der Waals surface area contributed by atoms with Crippen molar-refractivity contribution in [3.05, 3.63) is 47.0 Å². The highest BCUT2D eigenvalue weighted by Crippen LogP contribution is 2.31. The fraction of sp³-hybridized carbons (Fsp3) is 0.222. The molecular formula is C18H16N2O6. The molecule has 134 valence electrons. The Morgan fingerprint density at radius 3 is 2.58 bits per heavy atom. The van der Waals surface area contributed by atoms with Crippen molar-refractivity contribution in [2.75, 3.05) is 11.9 Å². The Balaban J connectivity index is 1.75. The molecule has 0 spiro atoms. The van der Waals surface area contributed by atoms with Crippen LogP contribution in [0.25, 0.3) is 11.0 Å². The minimum Gasteiger partial charge on any atom is -0.452 e. The third kappa shape index (κ3) is 3.21. The third-order valence-corrected chi connectivity index (χ3v) is 3.75. The van der Waals surface area contributed by atoms with Crippen LogP contribution in [-0.2, 0) is 9.53 Å². The molecule has 2 aromatic heterocycles. The van der Waals surface area contributed by atoms with E-state index in [2.05, 4.69) is 10.5 Å². The molecule has 2 heterocycles. The smallest absolute Gasteiger partial charge is 0.344 e. The average molecular weight is 356 g/mol. The number of ether oxygens (including phenoxy) is 1. The molecule has 3 aromatic rings. The van der Waals surface area contributed by atoms with Crippen molar-refractivity contribution in [2.45, 2.75) is 20.8 Å². The number of furan rings is 1. The number of aromatic nitrogens is 1. The van der Waals surface area contributed by atoms with Crippen molar-refractivity contribution in [3.8, 4) is 0 Å². The van der Waals surface area contributed by atoms with Gasteiger partial charge < -0.3 is 19.0 Å². The number of hydrogen-bond donors (Lipinski definition) is 1. The molecule has 0 aliphatic carbocycles. The summed E-state index contributed by atoms with van der Waals surface area (Å²) >= 11 is 0. The molecule has 0 unspecified atom stereocenters. The maximum absolute atomic E-state index is 12.2. The topological polar surface area (TPSA) is 112 Å². The second-order valence-corrected chi connectivity index (χ2v) is 5.68. The number of carbonyl (C=O) groups excluding carboxylic acids is 3. The molecule has 0 radical (unpaired) electrons. The maximum atomic E-state index is 12.2. The second kappa shape index (κ2) is 6.83. The van der Waals surface area contributed by atoms with E-state index in [9.17, 15) is 14.4 Å². The van der Waals surface area contributed by atoms with Crippen LogP contribution < -0.4 is 5.32 Å². The van der Waals surface area contributed by atoms with E-state index in [4.69, 9.17) is 13.7 Å². The molecule has 8 nitrogen and oxygen atoms in total. The van der Waals surface area contributed by atoms with Gasteiger partial charge in [-0.25, -0.2) is 4.79 Å². The van der Waals surface area contributed by atoms with Crippen molar-refractivity contribution in [3.63, 3.8) is 0 Å². The lowest BCUT2D eigenvalue weighted by molar-refractivity contribution is -0.119. The molecule has 0 aliphatic heterocycles. The number of benzene rings is 1. The van der Waals surface area contributed by atoms with Crippen LogP contribution in [0.3, 0.4) is 0 Å². The molecule has 0 saturated heterocycles. The number of nitrogens with zero attached hydrogens (tertiary/aromatic N) is 1. The van der Waals surface area contributed by atoms with Crippen molar-refractivity contribution in [2.24, 2.45) is 0 Å². The Kier molecular flexibility index (Phi) is 4.57. The first-order chi connectivity index (χ1) is 12.4. The van der Waals surface area contributed by atoms with Crippen molar-refractivity contribution in [1.82, 2.24) is 5.16 Å². The van der Waals surface area contributed by atoms with Gasteiger partial charge in [0.2, 0.25) is 0 Å². The van der Waals surface area contributed by atoms with E-state index < -0.39 is 18.5 Å². The number of carbonyl (C=O) groups is 3. The van der Waals surface area contributed by atoms with Crippen molar-refractivity contribution < 1.29 is 28.1 Å². The van der Waals surface area contributed by atoms with Gasteiger partial charge in [0.25, 0.3) is 5.91 Å². The highest BCUT2D eigenvalue weighted by molar-refractivity contribution is 6.11. The van der Waals surface area contributed by atoms with E-state index in [1.807, 2.05) is 0 Å². The molecule has 0 saturated carbocycles. The number of rotatable bonds is 5. The first kappa shape index (κ1) is 17.4. The van der Waals surface area contributed by atoms with Gasteiger partial charge in [-0.1, -0.05) is 17.3 Å². The first-order valence-corrected chi connectivity index (χ1v) is 7.80. The summed E-state index contributed by atoms with van der Waals surface area (Å²) in [6.07, 6.45) is 0. The van der Waals surface area contributed by atoms with E-state index >= 15 is 0 Å². The minimum atomic E-state index is -0.708. The summed E-state index contributed by atoms with van der Waals surface area (Å²) in [7, 11) is 0. The van der Waals surface area contributed by atoms with Crippen LogP contribution in [0.15, 0.2) is 33.2 Å². The van der Waals surface area contributed by atoms with Gasteiger partial charge in [-0.05, 0) is 26.0 Å². The molecule has 0 aliphatic rings. The minimum absolute atomic E-state index is 0.0385. The zero-order valence-corrected chi connectivity index (χ0v) is 14.4. The molecule has 0 atom stereocenters. The summed E-state index contributed by atoms with van der Waals surface area (Å²) in [5.74, 6) is -1.28. The summed E-state index contributed by atoms with van der Waals surface area (Å²) in [5, 5.41) is 6.83. The number of ketones is 1. The Hall–Kier alpha value is -3.42. The fourth-order valence-corrected chi connectivity index (χ4v) is 2.57. The highest BCUT2D eigenvalue weighted by atomic mass is 16.5. The average Bonchev–Trinajstić information content (AvgIpc) is 3.13. The highest BCUT2D eigenvalue weighted by Gasteiger charge is 2.22. The van der Waals surface area contributed by atoms with Crippen LogP contribution in [-0.4, -0.2) is 29.4 Å². The Labute approximate surface area is 148 Å². The van der Waals surface area contributed by atoms with Crippen LogP contribution >= 0.6 is 0 Å². The van der Waals surface area contributed by atoms with Crippen molar-refractivity contribution in [1.29, 1.82) is 0 Å². The van der Waals surface area contributed by atoms with Crippen LogP contribution in [0.2, 0.25) is 0 Å². The molecule has 0 bridgehead atoms. The van der Waals surface area contributed by atoms with Crippen LogP contribution in [0, 0.1) is 13.8 Å². The molecular weight excluding hydrogens is 340 g/mol. The Morgan fingerprint density at radius 1 is 1.19 bits per heavy atom. The summed E-state index contributed by atoms with van der Waals surface area (Å²) < 4.78 is 15.4. The molecule has 1 N–H and O–H groups in total. The summed E-state index contributed by atoms with van der Waals surface area (Å²) in [4.78, 5) is 36.0.